The Morgan fingerprint density at radius 3 is 2.11 bits per heavy atom. The van der Waals surface area contributed by atoms with Crippen LogP contribution in [0.3, 0.4) is 0 Å². The van der Waals surface area contributed by atoms with Gasteiger partial charge in [-0.3, -0.25) is 9.36 Å². The highest BCUT2D eigenvalue weighted by molar-refractivity contribution is 14.1. The van der Waals surface area contributed by atoms with Crippen molar-refractivity contribution in [3.8, 4) is 11.5 Å². The van der Waals surface area contributed by atoms with Gasteiger partial charge in [0.25, 0.3) is 0 Å². The van der Waals surface area contributed by atoms with Gasteiger partial charge in [-0.15, -0.1) is 17.3 Å². The summed E-state index contributed by atoms with van der Waals surface area (Å²) in [6.07, 6.45) is 0.715. The molecular weight excluding hydrogens is 757 g/mol. The smallest absolute Gasteiger partial charge is 0.350 e. The minimum atomic E-state index is -3.00. The number of thioether (sulfide) groups is 1. The van der Waals surface area contributed by atoms with Crippen molar-refractivity contribution in [3.63, 3.8) is 0 Å². The van der Waals surface area contributed by atoms with Gasteiger partial charge in [0.05, 0.1) is 22.0 Å². The highest BCUT2D eigenvalue weighted by Crippen LogP contribution is 2.58. The predicted octanol–water partition coefficient (Wildman–Crippen LogP) is 8.14. The van der Waals surface area contributed by atoms with Crippen LogP contribution >= 0.6 is 34.4 Å². The minimum Gasteiger partial charge on any atom is -0.414 e. The van der Waals surface area contributed by atoms with Gasteiger partial charge in [0.2, 0.25) is 5.91 Å². The topological polar surface area (TPSA) is 91.7 Å². The van der Waals surface area contributed by atoms with Crippen LogP contribution in [0.15, 0.2) is 11.0 Å². The Morgan fingerprint density at radius 1 is 1.11 bits per heavy atom. The first-order valence-electron chi connectivity index (χ1n) is 16.3. The lowest BCUT2D eigenvalue weighted by molar-refractivity contribution is -0.114. The molecule has 45 heavy (non-hydrogen) atoms. The summed E-state index contributed by atoms with van der Waals surface area (Å²) >= 11 is 3.89. The summed E-state index contributed by atoms with van der Waals surface area (Å²) in [5.74, 6) is 2.17. The molecule has 2 unspecified atom stereocenters. The molecule has 14 heteroatoms. The molecule has 2 aliphatic heterocycles. The third-order valence-corrected chi connectivity index (χ3v) is 28.1. The zero-order valence-corrected chi connectivity index (χ0v) is 35.0. The van der Waals surface area contributed by atoms with E-state index in [-0.39, 0.29) is 31.9 Å². The van der Waals surface area contributed by atoms with Gasteiger partial charge in [0, 0.05) is 13.1 Å². The van der Waals surface area contributed by atoms with Crippen LogP contribution in [0, 0.1) is 17.3 Å². The van der Waals surface area contributed by atoms with Crippen LogP contribution in [0.5, 0.6) is 0 Å². The molecule has 0 radical (unpaired) electrons. The third kappa shape index (κ3) is 7.40. The number of nitrogens with zero attached hydrogens (tertiary/aromatic N) is 2. The van der Waals surface area contributed by atoms with Crippen LogP contribution in [-0.2, 0) is 17.8 Å². The Hall–Kier alpha value is -0.549. The first-order chi connectivity index (χ1) is 20.9. The van der Waals surface area contributed by atoms with Crippen molar-refractivity contribution in [3.05, 3.63) is 22.5 Å². The maximum Gasteiger partial charge on any atom is 0.350 e. The first-order valence-corrected chi connectivity index (χ1v) is 25.0. The van der Waals surface area contributed by atoms with E-state index in [4.69, 9.17) is 13.0 Å². The van der Waals surface area contributed by atoms with E-state index in [2.05, 4.69) is 121 Å². The van der Waals surface area contributed by atoms with Crippen LogP contribution < -0.4 is 11.0 Å². The molecule has 254 valence electrons. The van der Waals surface area contributed by atoms with Crippen LogP contribution in [0.25, 0.3) is 0 Å². The van der Waals surface area contributed by atoms with Crippen LogP contribution in [-0.4, -0.2) is 62.0 Å². The number of rotatable bonds is 9. The number of alkyl halides is 1. The molecule has 0 spiro atoms. The number of hydrogen-bond acceptors (Lipinski definition) is 7. The molecule has 2 aliphatic rings. The van der Waals surface area contributed by atoms with Crippen LogP contribution in [0.1, 0.15) is 88.5 Å². The van der Waals surface area contributed by atoms with Gasteiger partial charge < -0.3 is 18.3 Å². The zero-order chi connectivity index (χ0) is 34.1. The Morgan fingerprint density at radius 2 is 1.64 bits per heavy atom. The second-order valence-electron chi connectivity index (χ2n) is 13.7. The van der Waals surface area contributed by atoms with E-state index in [0.717, 1.165) is 24.3 Å². The molecule has 1 amide bonds. The van der Waals surface area contributed by atoms with Gasteiger partial charge in [-0.05, 0) is 40.3 Å². The Bertz CT molecular complexity index is 1330. The summed E-state index contributed by atoms with van der Waals surface area (Å²) in [6.45, 7) is 25.8. The van der Waals surface area contributed by atoms with Gasteiger partial charge in [0.15, 0.2) is 11.6 Å². The van der Waals surface area contributed by atoms with Crippen LogP contribution in [0.2, 0.25) is 40.3 Å². The van der Waals surface area contributed by atoms with Gasteiger partial charge >= 0.3 is 22.8 Å². The molecule has 3 heterocycles. The number of carbonyl (C=O) groups is 1. The zero-order valence-electron chi connectivity index (χ0n) is 29.0. The summed E-state index contributed by atoms with van der Waals surface area (Å²) in [5.41, 5.74) is 3.79. The molecule has 0 bridgehead atoms. The number of fused-ring (bicyclic) bond motifs is 1. The maximum atomic E-state index is 15.3. The highest BCUT2D eigenvalue weighted by atomic mass is 127. The lowest BCUT2D eigenvalue weighted by atomic mass is 10.0. The van der Waals surface area contributed by atoms with Crippen molar-refractivity contribution in [2.24, 2.45) is 0 Å². The van der Waals surface area contributed by atoms with E-state index in [1.54, 1.807) is 0 Å². The standard InChI is InChI=1S/C31H53FIN3O5SSi3/c1-13-43(14-2,15-3)17-16-31-19-39-44(20(4)5,21(6)7)41-45(22(8)9,23(10)11)40-27(31)26(33)29(42-31)36-18-25(32)28(34-24(12)37)35-30(36)38/h18,20-23,26-27,29H,13-15,19H2,1-12H3,(H,34,35,37,38)/t26?,27-,29?,31+/m0/s1. The number of amides is 1. The molecule has 0 saturated carbocycles. The molecule has 2 saturated heterocycles. The SMILES string of the molecule is CC[Si](C#C[C@@]12CO[Si](C(C)C)(C(C)C)O[Si](C(C)C)(C(C)C)O[C@H]1C(I)C(n1cc(F)c(NC(C)=O)nc1=O)S2)(CC)CC. The largest absolute Gasteiger partial charge is 0.414 e. The molecule has 1 N–H and O–H groups in total. The Balaban J connectivity index is 2.36. The second-order valence-corrected chi connectivity index (χ2v) is 30.4. The van der Waals surface area contributed by atoms with Gasteiger partial charge in [-0.2, -0.15) is 4.98 Å². The molecular formula is C31H53FIN3O5SSi3. The number of halogens is 2. The second kappa shape index (κ2) is 14.9. The normalized spacial score (nSPS) is 26.4. The van der Waals surface area contributed by atoms with Gasteiger partial charge in [-0.1, -0.05) is 105 Å². The molecule has 1 aromatic heterocycles. The average Bonchev–Trinajstić information content (AvgIpc) is 3.21. The summed E-state index contributed by atoms with van der Waals surface area (Å²) in [4.78, 5) is 29.0. The fourth-order valence-corrected chi connectivity index (χ4v) is 24.3. The number of anilines is 1. The quantitative estimate of drug-likeness (QED) is 0.117. The molecule has 0 aromatic carbocycles. The van der Waals surface area contributed by atoms with Gasteiger partial charge in [-0.25, -0.2) is 9.18 Å². The molecule has 8 nitrogen and oxygen atoms in total. The molecule has 1 aromatic rings. The van der Waals surface area contributed by atoms with E-state index < -0.39 is 58.8 Å². The van der Waals surface area contributed by atoms with Crippen molar-refractivity contribution in [1.29, 1.82) is 0 Å². The molecule has 3 rings (SSSR count). The summed E-state index contributed by atoms with van der Waals surface area (Å²) in [7, 11) is -7.77. The molecule has 0 aliphatic carbocycles. The van der Waals surface area contributed by atoms with E-state index in [0.29, 0.717) is 6.61 Å². The van der Waals surface area contributed by atoms with Crippen molar-refractivity contribution >= 4 is 71.3 Å². The predicted molar refractivity (Wildman–Crippen MR) is 199 cm³/mol. The van der Waals surface area contributed by atoms with E-state index in [1.165, 1.54) is 23.3 Å². The summed E-state index contributed by atoms with van der Waals surface area (Å²) < 4.78 is 37.7. The van der Waals surface area contributed by atoms with E-state index >= 15 is 4.39 Å². The van der Waals surface area contributed by atoms with Crippen molar-refractivity contribution in [2.45, 2.75) is 144 Å². The van der Waals surface area contributed by atoms with Crippen molar-refractivity contribution < 1.29 is 22.2 Å². The summed E-state index contributed by atoms with van der Waals surface area (Å²) in [5, 5.41) is 1.79. The van der Waals surface area contributed by atoms with E-state index in [1.807, 2.05) is 0 Å². The van der Waals surface area contributed by atoms with Crippen LogP contribution in [0.4, 0.5) is 10.2 Å². The third-order valence-electron chi connectivity index (χ3n) is 9.76. The molecule has 4 atom stereocenters. The van der Waals surface area contributed by atoms with E-state index in [9.17, 15) is 9.59 Å². The lowest BCUT2D eigenvalue weighted by Gasteiger charge is -2.53. The number of aromatic nitrogens is 2. The van der Waals surface area contributed by atoms with Crippen molar-refractivity contribution in [1.82, 2.24) is 9.55 Å². The fourth-order valence-electron chi connectivity index (χ4n) is 6.64. The Kier molecular flexibility index (Phi) is 12.9. The molecule has 2 fully saturated rings. The Labute approximate surface area is 290 Å². The lowest BCUT2D eigenvalue weighted by Crippen LogP contribution is -2.67. The number of carbonyl (C=O) groups excluding carboxylic acids is 1. The number of nitrogens with one attached hydrogen (secondary N) is 1. The fraction of sp³-hybridized carbons (Fsp3) is 0.774. The summed E-state index contributed by atoms with van der Waals surface area (Å²) in [6, 6.07) is 3.15. The highest BCUT2D eigenvalue weighted by Gasteiger charge is 2.65. The minimum absolute atomic E-state index is 0.121. The average molecular weight is 810 g/mol. The van der Waals surface area contributed by atoms with Crippen molar-refractivity contribution in [2.75, 3.05) is 11.9 Å². The first kappa shape index (κ1) is 38.9. The monoisotopic (exact) mass is 809 g/mol. The number of hydrogen-bond donors (Lipinski definition) is 1. The maximum absolute atomic E-state index is 15.3. The van der Waals surface area contributed by atoms with Gasteiger partial charge in [0.1, 0.15) is 12.8 Å².